The van der Waals surface area contributed by atoms with Gasteiger partial charge in [-0.2, -0.15) is 5.10 Å². The Morgan fingerprint density at radius 2 is 2.00 bits per heavy atom. The molecule has 9 heteroatoms. The van der Waals surface area contributed by atoms with E-state index < -0.39 is 0 Å². The van der Waals surface area contributed by atoms with E-state index in [0.717, 1.165) is 43.1 Å². The summed E-state index contributed by atoms with van der Waals surface area (Å²) in [4.78, 5) is 20.1. The van der Waals surface area contributed by atoms with Crippen molar-refractivity contribution in [3.05, 3.63) is 35.2 Å². The van der Waals surface area contributed by atoms with Gasteiger partial charge in [-0.1, -0.05) is 13.8 Å². The maximum Gasteiger partial charge on any atom is 0.228 e. The lowest BCUT2D eigenvalue weighted by Crippen LogP contribution is -2.42. The first-order valence-corrected chi connectivity index (χ1v) is 9.48. The highest BCUT2D eigenvalue weighted by Gasteiger charge is 2.38. The summed E-state index contributed by atoms with van der Waals surface area (Å²) in [5, 5.41) is 7.67. The number of amides is 1. The predicted molar refractivity (Wildman–Crippen MR) is 113 cm³/mol. The molecule has 2 atom stereocenters. The Morgan fingerprint density at radius 1 is 1.25 bits per heavy atom. The molecule has 7 nitrogen and oxygen atoms in total. The Morgan fingerprint density at radius 3 is 2.64 bits per heavy atom. The summed E-state index contributed by atoms with van der Waals surface area (Å²) >= 11 is 0. The Balaban J connectivity index is 0.00000140. The molecule has 1 saturated heterocycles. The largest absolute Gasteiger partial charge is 0.336 e. The lowest BCUT2D eigenvalue weighted by atomic mass is 9.89. The van der Waals surface area contributed by atoms with E-state index in [-0.39, 0.29) is 42.6 Å². The maximum atomic E-state index is 13.3. The molecule has 156 valence electrons. The van der Waals surface area contributed by atoms with Crippen molar-refractivity contribution in [3.8, 4) is 0 Å². The molecule has 0 bridgehead atoms. The van der Waals surface area contributed by atoms with Gasteiger partial charge in [0.2, 0.25) is 5.91 Å². The Bertz CT molecular complexity index is 831. The van der Waals surface area contributed by atoms with E-state index in [1.165, 1.54) is 5.69 Å². The first-order chi connectivity index (χ1) is 12.5. The molecule has 2 aliphatic rings. The summed E-state index contributed by atoms with van der Waals surface area (Å²) in [5.41, 5.74) is 3.50. The zero-order valence-electron chi connectivity index (χ0n) is 16.9. The first-order valence-electron chi connectivity index (χ1n) is 9.48. The molecular formula is C19H30Cl2N6O. The zero-order valence-corrected chi connectivity index (χ0v) is 18.5. The Labute approximate surface area is 178 Å². The molecule has 4 heterocycles. The summed E-state index contributed by atoms with van der Waals surface area (Å²) in [6.45, 7) is 7.31. The van der Waals surface area contributed by atoms with Gasteiger partial charge < -0.3 is 14.8 Å². The topological polar surface area (TPSA) is 68.0 Å². The number of hydrogen-bond acceptors (Lipinski definition) is 4. The average molecular weight is 429 g/mol. The predicted octanol–water partition coefficient (Wildman–Crippen LogP) is 2.01. The molecule has 0 saturated carbocycles. The molecule has 0 unspecified atom stereocenters. The van der Waals surface area contributed by atoms with Crippen LogP contribution in [-0.2, 0) is 31.9 Å². The Kier molecular flexibility index (Phi) is 7.17. The number of carbonyl (C=O) groups is 1. The van der Waals surface area contributed by atoms with Gasteiger partial charge in [-0.15, -0.1) is 24.8 Å². The van der Waals surface area contributed by atoms with Crippen molar-refractivity contribution >= 4 is 30.7 Å². The van der Waals surface area contributed by atoms with Crippen molar-refractivity contribution in [3.63, 3.8) is 0 Å². The molecule has 1 N–H and O–H groups in total. The molecular weight excluding hydrogens is 399 g/mol. The molecule has 2 aromatic rings. The second-order valence-electron chi connectivity index (χ2n) is 7.91. The molecule has 2 aliphatic heterocycles. The summed E-state index contributed by atoms with van der Waals surface area (Å²) in [7, 11) is 4.01. The van der Waals surface area contributed by atoms with Crippen LogP contribution in [0.2, 0.25) is 0 Å². The van der Waals surface area contributed by atoms with E-state index in [9.17, 15) is 4.79 Å². The van der Waals surface area contributed by atoms with Gasteiger partial charge in [-0.3, -0.25) is 9.48 Å². The van der Waals surface area contributed by atoms with Crippen LogP contribution in [0.15, 0.2) is 12.4 Å². The van der Waals surface area contributed by atoms with Gasteiger partial charge in [0.15, 0.2) is 0 Å². The van der Waals surface area contributed by atoms with E-state index in [1.807, 2.05) is 29.0 Å². The Hall–Kier alpha value is -1.57. The molecule has 0 radical (unpaired) electrons. The number of halogens is 2. The number of nitrogens with zero attached hydrogens (tertiary/aromatic N) is 5. The van der Waals surface area contributed by atoms with Crippen molar-refractivity contribution in [2.45, 2.75) is 38.6 Å². The van der Waals surface area contributed by atoms with E-state index in [2.05, 4.69) is 35.9 Å². The highest BCUT2D eigenvalue weighted by atomic mass is 35.5. The van der Waals surface area contributed by atoms with Crippen LogP contribution in [0.25, 0.3) is 0 Å². The van der Waals surface area contributed by atoms with Gasteiger partial charge >= 0.3 is 0 Å². The molecule has 0 aromatic carbocycles. The lowest BCUT2D eigenvalue weighted by Gasteiger charge is -2.30. The number of hydrogen-bond donors (Lipinski definition) is 1. The number of nitrogens with one attached hydrogen (secondary N) is 1. The second kappa shape index (κ2) is 8.84. The number of carbonyl (C=O) groups excluding carboxylic acids is 1. The van der Waals surface area contributed by atoms with Crippen LogP contribution in [0.5, 0.6) is 0 Å². The number of rotatable bonds is 3. The molecule has 0 aliphatic carbocycles. The minimum absolute atomic E-state index is 0. The summed E-state index contributed by atoms with van der Waals surface area (Å²) < 4.78 is 4.03. The fourth-order valence-electron chi connectivity index (χ4n) is 4.41. The number of aromatic nitrogens is 4. The average Bonchev–Trinajstić information content (AvgIpc) is 3.32. The second-order valence-corrected chi connectivity index (χ2v) is 7.91. The van der Waals surface area contributed by atoms with Crippen LogP contribution < -0.4 is 5.32 Å². The molecule has 1 amide bonds. The van der Waals surface area contributed by atoms with E-state index in [0.29, 0.717) is 12.5 Å². The van der Waals surface area contributed by atoms with Crippen LogP contribution in [0.4, 0.5) is 0 Å². The van der Waals surface area contributed by atoms with Gasteiger partial charge in [0.25, 0.3) is 0 Å². The van der Waals surface area contributed by atoms with Gasteiger partial charge in [0.05, 0.1) is 24.4 Å². The highest BCUT2D eigenvalue weighted by molar-refractivity contribution is 5.85. The van der Waals surface area contributed by atoms with E-state index in [4.69, 9.17) is 4.98 Å². The summed E-state index contributed by atoms with van der Waals surface area (Å²) in [6.07, 6.45) is 4.80. The third-order valence-corrected chi connectivity index (χ3v) is 5.80. The SMILES string of the molecule is CC(C)c1nc2c(n1C)CCN(C(=O)[C@H]1CNC[C@@H]1c1cnn(C)c1)C2.Cl.Cl. The first kappa shape index (κ1) is 22.7. The quantitative estimate of drug-likeness (QED) is 0.811. The van der Waals surface area contributed by atoms with Crippen LogP contribution in [0.3, 0.4) is 0 Å². The third kappa shape index (κ3) is 3.93. The van der Waals surface area contributed by atoms with E-state index in [1.54, 1.807) is 0 Å². The molecule has 2 aromatic heterocycles. The molecule has 4 rings (SSSR count). The number of fused-ring (bicyclic) bond motifs is 1. The number of imidazole rings is 1. The zero-order chi connectivity index (χ0) is 18.4. The van der Waals surface area contributed by atoms with Crippen molar-refractivity contribution in [1.29, 1.82) is 0 Å². The van der Waals surface area contributed by atoms with E-state index >= 15 is 0 Å². The number of aryl methyl sites for hydroxylation is 1. The van der Waals surface area contributed by atoms with Gasteiger partial charge in [0.1, 0.15) is 5.82 Å². The van der Waals surface area contributed by atoms with Crippen molar-refractivity contribution in [1.82, 2.24) is 29.5 Å². The van der Waals surface area contributed by atoms with Crippen LogP contribution in [0.1, 0.15) is 48.5 Å². The molecule has 28 heavy (non-hydrogen) atoms. The third-order valence-electron chi connectivity index (χ3n) is 5.80. The van der Waals surface area contributed by atoms with Crippen molar-refractivity contribution in [2.24, 2.45) is 20.0 Å². The smallest absolute Gasteiger partial charge is 0.228 e. The van der Waals surface area contributed by atoms with Crippen molar-refractivity contribution in [2.75, 3.05) is 19.6 Å². The van der Waals surface area contributed by atoms with Gasteiger partial charge in [0, 0.05) is 63.9 Å². The fourth-order valence-corrected chi connectivity index (χ4v) is 4.41. The summed E-state index contributed by atoms with van der Waals surface area (Å²) in [5.74, 6) is 1.93. The van der Waals surface area contributed by atoms with Crippen LogP contribution >= 0.6 is 24.8 Å². The molecule has 0 spiro atoms. The van der Waals surface area contributed by atoms with Gasteiger partial charge in [-0.05, 0) is 5.56 Å². The monoisotopic (exact) mass is 428 g/mol. The summed E-state index contributed by atoms with van der Waals surface area (Å²) in [6, 6.07) is 0. The lowest BCUT2D eigenvalue weighted by molar-refractivity contribution is -0.136. The minimum atomic E-state index is -0.0194. The normalized spacial score (nSPS) is 21.2. The van der Waals surface area contributed by atoms with Gasteiger partial charge in [-0.25, -0.2) is 4.98 Å². The van der Waals surface area contributed by atoms with Crippen LogP contribution in [-0.4, -0.2) is 49.8 Å². The standard InChI is InChI=1S/C19H28N6O.2ClH/c1-12(2)18-22-16-11-25(6-5-17(16)24(18)4)19(26)15-9-20-8-14(15)13-7-21-23(3)10-13;;/h7,10,12,14-15,20H,5-6,8-9,11H2,1-4H3;2*1H/t14-,15+;;/m1../s1. The van der Waals surface area contributed by atoms with Crippen molar-refractivity contribution < 1.29 is 4.79 Å². The van der Waals surface area contributed by atoms with Crippen LogP contribution in [0, 0.1) is 5.92 Å². The highest BCUT2D eigenvalue weighted by Crippen LogP contribution is 2.31. The maximum absolute atomic E-state index is 13.3. The fraction of sp³-hybridized carbons (Fsp3) is 0.632. The molecule has 1 fully saturated rings. The minimum Gasteiger partial charge on any atom is -0.336 e.